The second kappa shape index (κ2) is 3.01. The highest BCUT2D eigenvalue weighted by Gasteiger charge is 2.43. The summed E-state index contributed by atoms with van der Waals surface area (Å²) >= 11 is 0. The topological polar surface area (TPSA) is 61.4 Å². The van der Waals surface area contributed by atoms with Crippen LogP contribution in [0.3, 0.4) is 0 Å². The quantitative estimate of drug-likeness (QED) is 0.692. The van der Waals surface area contributed by atoms with Crippen LogP contribution in [0.25, 0.3) is 0 Å². The SMILES string of the molecule is CC1(C)Nc2cc(C3(O)CC3)ccc2NC1=O. The summed E-state index contributed by atoms with van der Waals surface area (Å²) in [6.45, 7) is 3.67. The first-order valence-electron chi connectivity index (χ1n) is 5.87. The largest absolute Gasteiger partial charge is 0.385 e. The zero-order valence-electron chi connectivity index (χ0n) is 10.0. The molecule has 0 bridgehead atoms. The van der Waals surface area contributed by atoms with Gasteiger partial charge >= 0.3 is 0 Å². The van der Waals surface area contributed by atoms with Crippen molar-refractivity contribution in [1.29, 1.82) is 0 Å². The lowest BCUT2D eigenvalue weighted by Gasteiger charge is -2.33. The molecule has 1 fully saturated rings. The third-order valence-electron chi connectivity index (χ3n) is 3.54. The first-order chi connectivity index (χ1) is 7.91. The number of hydrogen-bond acceptors (Lipinski definition) is 3. The molecule has 17 heavy (non-hydrogen) atoms. The summed E-state index contributed by atoms with van der Waals surface area (Å²) in [4.78, 5) is 11.7. The van der Waals surface area contributed by atoms with Crippen LogP contribution in [0.4, 0.5) is 11.4 Å². The average Bonchev–Trinajstić information content (AvgIpc) is 2.98. The van der Waals surface area contributed by atoms with Gasteiger partial charge in [0.2, 0.25) is 5.91 Å². The van der Waals surface area contributed by atoms with Gasteiger partial charge in [0.15, 0.2) is 0 Å². The molecule has 1 amide bonds. The minimum Gasteiger partial charge on any atom is -0.385 e. The molecule has 0 spiro atoms. The maximum atomic E-state index is 11.7. The van der Waals surface area contributed by atoms with Crippen LogP contribution in [0, 0.1) is 0 Å². The molecule has 2 aliphatic rings. The van der Waals surface area contributed by atoms with Gasteiger partial charge in [-0.2, -0.15) is 0 Å². The number of rotatable bonds is 1. The summed E-state index contributed by atoms with van der Waals surface area (Å²) < 4.78 is 0. The van der Waals surface area contributed by atoms with Gasteiger partial charge in [-0.3, -0.25) is 4.79 Å². The highest BCUT2D eigenvalue weighted by atomic mass is 16.3. The number of nitrogens with one attached hydrogen (secondary N) is 2. The Balaban J connectivity index is 2.01. The van der Waals surface area contributed by atoms with Crippen LogP contribution in [-0.4, -0.2) is 16.6 Å². The van der Waals surface area contributed by atoms with E-state index in [-0.39, 0.29) is 5.91 Å². The van der Waals surface area contributed by atoms with Crippen molar-refractivity contribution in [3.8, 4) is 0 Å². The number of carbonyl (C=O) groups excluding carboxylic acids is 1. The monoisotopic (exact) mass is 232 g/mol. The number of aliphatic hydroxyl groups is 1. The molecule has 1 heterocycles. The van der Waals surface area contributed by atoms with E-state index in [1.807, 2.05) is 32.0 Å². The van der Waals surface area contributed by atoms with E-state index in [1.165, 1.54) is 0 Å². The first-order valence-corrected chi connectivity index (χ1v) is 5.87. The molecule has 90 valence electrons. The van der Waals surface area contributed by atoms with Crippen LogP contribution in [0.15, 0.2) is 18.2 Å². The Morgan fingerprint density at radius 2 is 1.94 bits per heavy atom. The van der Waals surface area contributed by atoms with E-state index >= 15 is 0 Å². The Bertz CT molecular complexity index is 504. The van der Waals surface area contributed by atoms with E-state index in [9.17, 15) is 9.90 Å². The minimum absolute atomic E-state index is 0.0390. The third kappa shape index (κ3) is 1.60. The number of anilines is 2. The second-order valence-corrected chi connectivity index (χ2v) is 5.50. The highest BCUT2D eigenvalue weighted by molar-refractivity contribution is 6.05. The molecular formula is C13H16N2O2. The number of benzene rings is 1. The fourth-order valence-electron chi connectivity index (χ4n) is 2.13. The summed E-state index contributed by atoms with van der Waals surface area (Å²) in [7, 11) is 0. The standard InChI is InChI=1S/C13H16N2O2/c1-12(2)11(16)14-9-4-3-8(7-10(9)15-12)13(17)5-6-13/h3-4,7,15,17H,5-6H2,1-2H3,(H,14,16). The van der Waals surface area contributed by atoms with Crippen LogP contribution in [-0.2, 0) is 10.4 Å². The van der Waals surface area contributed by atoms with Gasteiger partial charge in [-0.25, -0.2) is 0 Å². The van der Waals surface area contributed by atoms with Crippen molar-refractivity contribution in [3.63, 3.8) is 0 Å². The zero-order chi connectivity index (χ0) is 12.3. The summed E-state index contributed by atoms with van der Waals surface area (Å²) in [5, 5.41) is 16.1. The van der Waals surface area contributed by atoms with Gasteiger partial charge in [-0.15, -0.1) is 0 Å². The summed E-state index contributed by atoms with van der Waals surface area (Å²) in [6, 6.07) is 5.66. The fraction of sp³-hybridized carbons (Fsp3) is 0.462. The molecule has 0 radical (unpaired) electrons. The van der Waals surface area contributed by atoms with Gasteiger partial charge < -0.3 is 15.7 Å². The second-order valence-electron chi connectivity index (χ2n) is 5.50. The van der Waals surface area contributed by atoms with Crippen LogP contribution in [0.1, 0.15) is 32.3 Å². The van der Waals surface area contributed by atoms with Crippen molar-refractivity contribution in [1.82, 2.24) is 0 Å². The normalized spacial score (nSPS) is 23.4. The van der Waals surface area contributed by atoms with E-state index in [0.29, 0.717) is 0 Å². The van der Waals surface area contributed by atoms with Crippen LogP contribution >= 0.6 is 0 Å². The predicted octanol–water partition coefficient (Wildman–Crippen LogP) is 1.81. The average molecular weight is 232 g/mol. The molecule has 3 N–H and O–H groups in total. The van der Waals surface area contributed by atoms with E-state index < -0.39 is 11.1 Å². The van der Waals surface area contributed by atoms with Crippen molar-refractivity contribution < 1.29 is 9.90 Å². The molecular weight excluding hydrogens is 216 g/mol. The molecule has 0 atom stereocenters. The van der Waals surface area contributed by atoms with Crippen molar-refractivity contribution in [2.75, 3.05) is 10.6 Å². The molecule has 1 aliphatic heterocycles. The Kier molecular flexibility index (Phi) is 1.88. The molecule has 0 unspecified atom stereocenters. The van der Waals surface area contributed by atoms with Crippen molar-refractivity contribution in [2.24, 2.45) is 0 Å². The van der Waals surface area contributed by atoms with Gasteiger partial charge in [0.1, 0.15) is 5.54 Å². The molecule has 0 aromatic heterocycles. The van der Waals surface area contributed by atoms with Crippen LogP contribution < -0.4 is 10.6 Å². The number of carbonyl (C=O) groups is 1. The summed E-state index contributed by atoms with van der Waals surface area (Å²) in [5.41, 5.74) is 1.34. The van der Waals surface area contributed by atoms with E-state index in [4.69, 9.17) is 0 Å². The van der Waals surface area contributed by atoms with Gasteiger partial charge in [-0.1, -0.05) is 6.07 Å². The maximum absolute atomic E-state index is 11.7. The van der Waals surface area contributed by atoms with Crippen molar-refractivity contribution in [2.45, 2.75) is 37.8 Å². The Labute approximate surface area is 100 Å². The van der Waals surface area contributed by atoms with Crippen molar-refractivity contribution in [3.05, 3.63) is 23.8 Å². The van der Waals surface area contributed by atoms with Crippen molar-refractivity contribution >= 4 is 17.3 Å². The molecule has 3 rings (SSSR count). The van der Waals surface area contributed by atoms with E-state index in [0.717, 1.165) is 29.8 Å². The minimum atomic E-state index is -0.637. The van der Waals surface area contributed by atoms with E-state index in [2.05, 4.69) is 10.6 Å². The molecule has 1 aliphatic carbocycles. The van der Waals surface area contributed by atoms with Gasteiger partial charge in [0.05, 0.1) is 17.0 Å². The number of hydrogen-bond donors (Lipinski definition) is 3. The Morgan fingerprint density at radius 1 is 1.24 bits per heavy atom. The highest BCUT2D eigenvalue weighted by Crippen LogP contribution is 2.47. The van der Waals surface area contributed by atoms with Gasteiger partial charge in [0, 0.05) is 0 Å². The fourth-order valence-corrected chi connectivity index (χ4v) is 2.13. The lowest BCUT2D eigenvalue weighted by Crippen LogP contribution is -2.47. The lowest BCUT2D eigenvalue weighted by molar-refractivity contribution is -0.119. The Morgan fingerprint density at radius 3 is 2.59 bits per heavy atom. The summed E-state index contributed by atoms with van der Waals surface area (Å²) in [5.74, 6) is -0.0390. The van der Waals surface area contributed by atoms with E-state index in [1.54, 1.807) is 0 Å². The molecule has 1 saturated carbocycles. The Hall–Kier alpha value is -1.55. The maximum Gasteiger partial charge on any atom is 0.249 e. The molecule has 1 aromatic rings. The van der Waals surface area contributed by atoms with Gasteiger partial charge in [0.25, 0.3) is 0 Å². The molecule has 0 saturated heterocycles. The number of amides is 1. The lowest BCUT2D eigenvalue weighted by atomic mass is 9.98. The zero-order valence-corrected chi connectivity index (χ0v) is 10.0. The van der Waals surface area contributed by atoms with Crippen LogP contribution in [0.2, 0.25) is 0 Å². The van der Waals surface area contributed by atoms with Gasteiger partial charge in [-0.05, 0) is 44.4 Å². The number of fused-ring (bicyclic) bond motifs is 1. The molecule has 1 aromatic carbocycles. The third-order valence-corrected chi connectivity index (χ3v) is 3.54. The first kappa shape index (κ1) is 10.6. The predicted molar refractivity (Wildman–Crippen MR) is 65.9 cm³/mol. The summed E-state index contributed by atoms with van der Waals surface area (Å²) in [6.07, 6.45) is 1.64. The smallest absolute Gasteiger partial charge is 0.249 e. The van der Waals surface area contributed by atoms with Crippen LogP contribution in [0.5, 0.6) is 0 Å². The molecule has 4 nitrogen and oxygen atoms in total. The molecule has 4 heteroatoms.